The molecule has 0 bridgehead atoms. The zero-order valence-corrected chi connectivity index (χ0v) is 28.4. The normalized spacial score (nSPS) is 17.8. The van der Waals surface area contributed by atoms with Gasteiger partial charge < -0.3 is 19.1 Å². The lowest BCUT2D eigenvalue weighted by molar-refractivity contribution is 0.124. The molecule has 0 N–H and O–H groups in total. The van der Waals surface area contributed by atoms with Gasteiger partial charge in [-0.2, -0.15) is 5.26 Å². The topological polar surface area (TPSA) is 121 Å². The number of aromatic nitrogens is 2. The largest absolute Gasteiger partial charge is 0.497 e. The lowest BCUT2D eigenvalue weighted by atomic mass is 9.81. The van der Waals surface area contributed by atoms with Crippen LogP contribution < -0.4 is 23.4 Å². The van der Waals surface area contributed by atoms with Crippen LogP contribution in [0.3, 0.4) is 0 Å². The molecular weight excluding hydrogens is 641 g/mol. The van der Waals surface area contributed by atoms with E-state index in [9.17, 15) is 5.26 Å². The molecule has 0 spiro atoms. The van der Waals surface area contributed by atoms with Crippen LogP contribution in [0.25, 0.3) is 10.9 Å². The molecule has 2 aromatic heterocycles. The van der Waals surface area contributed by atoms with Crippen molar-refractivity contribution < 1.29 is 22.6 Å². The minimum atomic E-state index is -4.22. The lowest BCUT2D eigenvalue weighted by Gasteiger charge is -2.47. The van der Waals surface area contributed by atoms with E-state index in [1.807, 2.05) is 43.3 Å². The van der Waals surface area contributed by atoms with Crippen LogP contribution in [0.5, 0.6) is 17.2 Å². The molecule has 0 radical (unpaired) electrons. The molecule has 7 rings (SSSR count). The Morgan fingerprint density at radius 2 is 1.65 bits per heavy atom. The Hall–Kier alpha value is -5.38. The summed E-state index contributed by atoms with van der Waals surface area (Å²) in [6.07, 6.45) is 5.14. The van der Waals surface area contributed by atoms with Gasteiger partial charge in [-0.1, -0.05) is 0 Å². The third kappa shape index (κ3) is 5.35. The molecule has 0 aliphatic carbocycles. The smallest absolute Gasteiger partial charge is 0.266 e. The second kappa shape index (κ2) is 12.9. The fraction of sp³-hybridized carbons (Fsp3) is 0.270. The fourth-order valence-corrected chi connectivity index (χ4v) is 8.84. The summed E-state index contributed by atoms with van der Waals surface area (Å²) in [6.45, 7) is 4.93. The summed E-state index contributed by atoms with van der Waals surface area (Å²) in [4.78, 5) is 13.4. The van der Waals surface area contributed by atoms with Gasteiger partial charge in [-0.25, -0.2) is 8.42 Å². The highest BCUT2D eigenvalue weighted by atomic mass is 32.2. The number of fused-ring (bicyclic) bond motifs is 2. The van der Waals surface area contributed by atoms with Crippen LogP contribution in [0.15, 0.2) is 96.3 Å². The van der Waals surface area contributed by atoms with Gasteiger partial charge in [0, 0.05) is 67.0 Å². The third-order valence-corrected chi connectivity index (χ3v) is 11.3. The molecule has 1 atom stereocenters. The van der Waals surface area contributed by atoms with Crippen LogP contribution in [0, 0.1) is 11.3 Å². The Bertz CT molecular complexity index is 2170. The minimum Gasteiger partial charge on any atom is -0.497 e. The molecule has 2 aliphatic rings. The summed E-state index contributed by atoms with van der Waals surface area (Å²) < 4.78 is 49.1. The van der Waals surface area contributed by atoms with Gasteiger partial charge in [-0.3, -0.25) is 19.2 Å². The highest BCUT2D eigenvalue weighted by Gasteiger charge is 2.54. The molecule has 250 valence electrons. The number of benzene rings is 3. The maximum Gasteiger partial charge on any atom is 0.266 e. The molecule has 1 unspecified atom stereocenters. The Labute approximate surface area is 285 Å². The average molecular weight is 677 g/mol. The van der Waals surface area contributed by atoms with E-state index in [1.165, 1.54) is 4.31 Å². The number of piperazine rings is 1. The zero-order valence-electron chi connectivity index (χ0n) is 27.5. The monoisotopic (exact) mass is 676 g/mol. The third-order valence-electron chi connectivity index (χ3n) is 9.47. The van der Waals surface area contributed by atoms with Crippen molar-refractivity contribution >= 4 is 32.3 Å². The lowest BCUT2D eigenvalue weighted by Crippen LogP contribution is -2.58. The van der Waals surface area contributed by atoms with Gasteiger partial charge in [0.25, 0.3) is 10.0 Å². The number of nitrogens with zero attached hydrogens (tertiary/aromatic N) is 6. The molecule has 49 heavy (non-hydrogen) atoms. The predicted octanol–water partition coefficient (Wildman–Crippen LogP) is 5.19. The summed E-state index contributed by atoms with van der Waals surface area (Å²) in [5.74, 6) is 1.75. The Morgan fingerprint density at radius 3 is 2.37 bits per heavy atom. The minimum absolute atomic E-state index is 0.0302. The van der Waals surface area contributed by atoms with E-state index in [-0.39, 0.29) is 11.4 Å². The number of rotatable bonds is 9. The van der Waals surface area contributed by atoms with Crippen molar-refractivity contribution in [3.05, 3.63) is 108 Å². The number of nitriles is 1. The summed E-state index contributed by atoms with van der Waals surface area (Å²) in [7, 11) is -1.07. The number of anilines is 2. The van der Waals surface area contributed by atoms with E-state index in [2.05, 4.69) is 25.8 Å². The molecule has 1 saturated heterocycles. The van der Waals surface area contributed by atoms with E-state index < -0.39 is 15.6 Å². The Morgan fingerprint density at radius 1 is 0.878 bits per heavy atom. The van der Waals surface area contributed by atoms with Crippen molar-refractivity contribution in [1.82, 2.24) is 14.9 Å². The van der Waals surface area contributed by atoms with Crippen molar-refractivity contribution in [2.45, 2.75) is 17.4 Å². The first kappa shape index (κ1) is 32.2. The second-order valence-corrected chi connectivity index (χ2v) is 13.7. The molecule has 0 saturated carbocycles. The predicted molar refractivity (Wildman–Crippen MR) is 187 cm³/mol. The van der Waals surface area contributed by atoms with E-state index in [0.717, 1.165) is 11.3 Å². The van der Waals surface area contributed by atoms with Crippen LogP contribution in [-0.2, 0) is 15.6 Å². The van der Waals surface area contributed by atoms with Gasteiger partial charge in [0.15, 0.2) is 0 Å². The molecule has 11 nitrogen and oxygen atoms in total. The first-order valence-corrected chi connectivity index (χ1v) is 17.5. The van der Waals surface area contributed by atoms with Crippen molar-refractivity contribution in [1.29, 1.82) is 5.26 Å². The Balaban J connectivity index is 1.45. The fourth-order valence-electron chi connectivity index (χ4n) is 7.19. The molecule has 3 aromatic carbocycles. The average Bonchev–Trinajstić information content (AvgIpc) is 3.51. The standard InChI is InChI=1S/C37H36N6O5S/c1-4-48-34-10-8-28(46-2)23-31(34)37(42-20-18-41(19-21-42)27-13-16-39-17-14-27)25-43(32-9-7-26(24-38)22-30(32)37)49(44,45)35-12-11-33(47-3)29-6-5-15-40-36(29)35/h5-17,22-23H,4,18-21,25H2,1-3H3. The van der Waals surface area contributed by atoms with E-state index >= 15 is 8.42 Å². The van der Waals surface area contributed by atoms with E-state index in [1.54, 1.807) is 69.2 Å². The molecule has 2 aliphatic heterocycles. The molecule has 12 heteroatoms. The van der Waals surface area contributed by atoms with Gasteiger partial charge >= 0.3 is 0 Å². The number of methoxy groups -OCH3 is 2. The summed E-state index contributed by atoms with van der Waals surface area (Å²) >= 11 is 0. The number of ether oxygens (including phenoxy) is 3. The van der Waals surface area contributed by atoms with Crippen LogP contribution in [0.2, 0.25) is 0 Å². The van der Waals surface area contributed by atoms with Crippen molar-refractivity contribution in [3.63, 3.8) is 0 Å². The van der Waals surface area contributed by atoms with Crippen LogP contribution in [0.4, 0.5) is 11.4 Å². The van der Waals surface area contributed by atoms with Gasteiger partial charge in [0.2, 0.25) is 0 Å². The van der Waals surface area contributed by atoms with Crippen molar-refractivity contribution in [2.75, 3.05) is 62.8 Å². The SMILES string of the molecule is CCOc1ccc(OC)cc1C1(N2CCN(c3ccncc3)CC2)CN(S(=O)(=O)c2ccc(OC)c3cccnc23)c2ccc(C#N)cc21. The van der Waals surface area contributed by atoms with Gasteiger partial charge in [-0.05, 0) is 79.7 Å². The molecule has 5 aromatic rings. The molecule has 4 heterocycles. The van der Waals surface area contributed by atoms with E-state index in [4.69, 9.17) is 14.2 Å². The first-order valence-electron chi connectivity index (χ1n) is 16.1. The quantitative estimate of drug-likeness (QED) is 0.206. The number of hydrogen-bond donors (Lipinski definition) is 0. The summed E-state index contributed by atoms with van der Waals surface area (Å²) in [6, 6.07) is 23.9. The second-order valence-electron chi connectivity index (χ2n) is 11.9. The van der Waals surface area contributed by atoms with Crippen LogP contribution in [-0.4, -0.2) is 76.8 Å². The number of sulfonamides is 1. The molecule has 1 fully saturated rings. The van der Waals surface area contributed by atoms with Crippen LogP contribution >= 0.6 is 0 Å². The molecular formula is C37H36N6O5S. The highest BCUT2D eigenvalue weighted by molar-refractivity contribution is 7.93. The molecule has 0 amide bonds. The number of hydrogen-bond acceptors (Lipinski definition) is 10. The first-order chi connectivity index (χ1) is 23.8. The maximum absolute atomic E-state index is 15.0. The van der Waals surface area contributed by atoms with Crippen LogP contribution in [0.1, 0.15) is 23.6 Å². The zero-order chi connectivity index (χ0) is 34.2. The highest BCUT2D eigenvalue weighted by Crippen LogP contribution is 2.53. The van der Waals surface area contributed by atoms with Gasteiger partial charge in [-0.15, -0.1) is 0 Å². The van der Waals surface area contributed by atoms with E-state index in [0.29, 0.717) is 77.8 Å². The van der Waals surface area contributed by atoms with Gasteiger partial charge in [0.05, 0.1) is 55.7 Å². The summed E-state index contributed by atoms with van der Waals surface area (Å²) in [5, 5.41) is 10.7. The maximum atomic E-state index is 15.0. The summed E-state index contributed by atoms with van der Waals surface area (Å²) in [5.41, 5.74) is 2.72. The Kier molecular flexibility index (Phi) is 8.48. The van der Waals surface area contributed by atoms with Crippen molar-refractivity contribution in [2.24, 2.45) is 0 Å². The number of pyridine rings is 2. The van der Waals surface area contributed by atoms with Gasteiger partial charge in [0.1, 0.15) is 22.1 Å². The van der Waals surface area contributed by atoms with Crippen molar-refractivity contribution in [3.8, 4) is 23.3 Å².